The Balaban J connectivity index is 1.77. The second kappa shape index (κ2) is 6.69. The smallest absolute Gasteiger partial charge is 0.151 e. The maximum absolute atomic E-state index is 6.18. The molecule has 0 amide bonds. The highest BCUT2D eigenvalue weighted by molar-refractivity contribution is 8.00. The van der Waals surface area contributed by atoms with Crippen molar-refractivity contribution in [2.45, 2.75) is 17.0 Å². The Morgan fingerprint density at radius 3 is 2.90 bits per heavy atom. The summed E-state index contributed by atoms with van der Waals surface area (Å²) >= 11 is 9.58. The van der Waals surface area contributed by atoms with E-state index in [1.165, 1.54) is 0 Å². The van der Waals surface area contributed by atoms with Crippen molar-refractivity contribution in [2.24, 2.45) is 0 Å². The zero-order valence-electron chi connectivity index (χ0n) is 11.5. The third-order valence-corrected chi connectivity index (χ3v) is 5.54. The number of nitrogens with zero attached hydrogens (tertiary/aromatic N) is 1. The lowest BCUT2D eigenvalue weighted by atomic mass is 10.2. The van der Waals surface area contributed by atoms with E-state index in [1.54, 1.807) is 23.1 Å². The normalized spacial score (nSPS) is 11.0. The van der Waals surface area contributed by atoms with Gasteiger partial charge in [-0.05, 0) is 36.8 Å². The van der Waals surface area contributed by atoms with Gasteiger partial charge in [-0.25, -0.2) is 4.98 Å². The Hall–Kier alpha value is -1.23. The Labute approximate surface area is 137 Å². The maximum Gasteiger partial charge on any atom is 0.151 e. The van der Waals surface area contributed by atoms with E-state index in [2.05, 4.69) is 17.1 Å². The van der Waals surface area contributed by atoms with E-state index < -0.39 is 0 Å². The SMILES string of the molecule is CCOc1ccc2nc(SCc3ccccc3Cl)sc2c1. The minimum atomic E-state index is 0.679. The Morgan fingerprint density at radius 2 is 2.10 bits per heavy atom. The van der Waals surface area contributed by atoms with Gasteiger partial charge in [-0.3, -0.25) is 0 Å². The van der Waals surface area contributed by atoms with Crippen molar-refractivity contribution >= 4 is 44.9 Å². The van der Waals surface area contributed by atoms with E-state index in [1.807, 2.05) is 37.3 Å². The van der Waals surface area contributed by atoms with Crippen LogP contribution in [0.1, 0.15) is 12.5 Å². The van der Waals surface area contributed by atoms with Crippen molar-refractivity contribution in [3.05, 3.63) is 53.1 Å². The number of thioether (sulfide) groups is 1. The number of hydrogen-bond donors (Lipinski definition) is 0. The Kier molecular flexibility index (Phi) is 4.68. The minimum absolute atomic E-state index is 0.679. The van der Waals surface area contributed by atoms with Crippen LogP contribution < -0.4 is 4.74 Å². The summed E-state index contributed by atoms with van der Waals surface area (Å²) in [6.07, 6.45) is 0. The van der Waals surface area contributed by atoms with Crippen LogP contribution in [-0.4, -0.2) is 11.6 Å². The van der Waals surface area contributed by atoms with E-state index >= 15 is 0 Å². The number of ether oxygens (including phenoxy) is 1. The number of aromatic nitrogens is 1. The molecule has 0 N–H and O–H groups in total. The van der Waals surface area contributed by atoms with E-state index in [9.17, 15) is 0 Å². The van der Waals surface area contributed by atoms with Crippen molar-refractivity contribution in [1.82, 2.24) is 4.98 Å². The van der Waals surface area contributed by atoms with Gasteiger partial charge in [0.2, 0.25) is 0 Å². The van der Waals surface area contributed by atoms with Crippen LogP contribution in [0, 0.1) is 0 Å². The van der Waals surface area contributed by atoms with E-state index in [0.717, 1.165) is 36.6 Å². The van der Waals surface area contributed by atoms with Crippen LogP contribution in [-0.2, 0) is 5.75 Å². The fraction of sp³-hybridized carbons (Fsp3) is 0.188. The zero-order chi connectivity index (χ0) is 14.7. The van der Waals surface area contributed by atoms with E-state index in [4.69, 9.17) is 16.3 Å². The highest BCUT2D eigenvalue weighted by atomic mass is 35.5. The second-order valence-corrected chi connectivity index (χ2v) is 7.08. The van der Waals surface area contributed by atoms with Crippen LogP contribution in [0.3, 0.4) is 0 Å². The maximum atomic E-state index is 6.18. The average Bonchev–Trinajstić information content (AvgIpc) is 2.89. The average molecular weight is 336 g/mol. The summed E-state index contributed by atoms with van der Waals surface area (Å²) in [6, 6.07) is 14.0. The summed E-state index contributed by atoms with van der Waals surface area (Å²) in [6.45, 7) is 2.67. The molecule has 3 rings (SSSR count). The molecule has 0 aliphatic carbocycles. The molecule has 21 heavy (non-hydrogen) atoms. The van der Waals surface area contributed by atoms with E-state index in [-0.39, 0.29) is 0 Å². The van der Waals surface area contributed by atoms with Crippen LogP contribution in [0.4, 0.5) is 0 Å². The predicted molar refractivity (Wildman–Crippen MR) is 91.8 cm³/mol. The quantitative estimate of drug-likeness (QED) is 0.563. The van der Waals surface area contributed by atoms with Gasteiger partial charge in [0.25, 0.3) is 0 Å². The fourth-order valence-electron chi connectivity index (χ4n) is 1.96. The molecule has 1 aromatic heterocycles. The van der Waals surface area contributed by atoms with Gasteiger partial charge in [-0.1, -0.05) is 41.6 Å². The van der Waals surface area contributed by atoms with Gasteiger partial charge in [0, 0.05) is 10.8 Å². The van der Waals surface area contributed by atoms with Crippen LogP contribution in [0.25, 0.3) is 10.2 Å². The van der Waals surface area contributed by atoms with Crippen molar-refractivity contribution in [2.75, 3.05) is 6.61 Å². The molecule has 0 bridgehead atoms. The largest absolute Gasteiger partial charge is 0.494 e. The molecule has 0 radical (unpaired) electrons. The van der Waals surface area contributed by atoms with Crippen LogP contribution >= 0.6 is 34.7 Å². The monoisotopic (exact) mass is 335 g/mol. The molecule has 5 heteroatoms. The first kappa shape index (κ1) is 14.7. The Bertz CT molecular complexity index is 757. The highest BCUT2D eigenvalue weighted by Gasteiger charge is 2.07. The molecule has 0 unspecified atom stereocenters. The standard InChI is InChI=1S/C16H14ClNOS2/c1-2-19-12-7-8-14-15(9-12)21-16(18-14)20-10-11-5-3-4-6-13(11)17/h3-9H,2,10H2,1H3. The van der Waals surface area contributed by atoms with Gasteiger partial charge in [-0.15, -0.1) is 11.3 Å². The summed E-state index contributed by atoms with van der Waals surface area (Å²) in [5, 5.41) is 0.810. The van der Waals surface area contributed by atoms with Crippen LogP contribution in [0.2, 0.25) is 5.02 Å². The molecule has 3 aromatic rings. The van der Waals surface area contributed by atoms with Gasteiger partial charge < -0.3 is 4.74 Å². The molecule has 0 saturated heterocycles. The molecule has 0 spiro atoms. The molecular weight excluding hydrogens is 322 g/mol. The molecule has 0 saturated carbocycles. The fourth-order valence-corrected chi connectivity index (χ4v) is 4.34. The number of hydrogen-bond acceptors (Lipinski definition) is 4. The Morgan fingerprint density at radius 1 is 1.24 bits per heavy atom. The number of halogens is 1. The zero-order valence-corrected chi connectivity index (χ0v) is 13.9. The molecule has 108 valence electrons. The lowest BCUT2D eigenvalue weighted by molar-refractivity contribution is 0.341. The van der Waals surface area contributed by atoms with Crippen molar-refractivity contribution in [3.63, 3.8) is 0 Å². The first-order chi connectivity index (χ1) is 10.3. The van der Waals surface area contributed by atoms with Gasteiger partial charge in [0.1, 0.15) is 5.75 Å². The number of benzene rings is 2. The molecular formula is C16H14ClNOS2. The molecule has 0 fully saturated rings. The summed E-state index contributed by atoms with van der Waals surface area (Å²) in [5.41, 5.74) is 2.16. The van der Waals surface area contributed by atoms with Gasteiger partial charge in [-0.2, -0.15) is 0 Å². The first-order valence-electron chi connectivity index (χ1n) is 6.66. The number of thiazole rings is 1. The molecule has 1 heterocycles. The summed E-state index contributed by atoms with van der Waals surface area (Å²) < 4.78 is 7.73. The molecule has 2 aromatic carbocycles. The lowest BCUT2D eigenvalue weighted by Gasteiger charge is -2.01. The van der Waals surface area contributed by atoms with Crippen molar-refractivity contribution < 1.29 is 4.74 Å². The highest BCUT2D eigenvalue weighted by Crippen LogP contribution is 2.34. The van der Waals surface area contributed by atoms with Gasteiger partial charge >= 0.3 is 0 Å². The molecule has 2 nitrogen and oxygen atoms in total. The number of fused-ring (bicyclic) bond motifs is 1. The third kappa shape index (κ3) is 3.51. The molecule has 0 aliphatic rings. The summed E-state index contributed by atoms with van der Waals surface area (Å²) in [7, 11) is 0. The van der Waals surface area contributed by atoms with Gasteiger partial charge in [0.05, 0.1) is 16.8 Å². The lowest BCUT2D eigenvalue weighted by Crippen LogP contribution is -1.89. The first-order valence-corrected chi connectivity index (χ1v) is 8.84. The van der Waals surface area contributed by atoms with Crippen LogP contribution in [0.5, 0.6) is 5.75 Å². The predicted octanol–water partition coefficient (Wildman–Crippen LogP) is 5.64. The summed E-state index contributed by atoms with van der Waals surface area (Å²) in [4.78, 5) is 4.64. The summed E-state index contributed by atoms with van der Waals surface area (Å²) in [5.74, 6) is 1.73. The van der Waals surface area contributed by atoms with Crippen LogP contribution in [0.15, 0.2) is 46.8 Å². The van der Waals surface area contributed by atoms with Crippen molar-refractivity contribution in [3.8, 4) is 5.75 Å². The third-order valence-electron chi connectivity index (χ3n) is 2.96. The number of rotatable bonds is 5. The molecule has 0 aliphatic heterocycles. The minimum Gasteiger partial charge on any atom is -0.494 e. The topological polar surface area (TPSA) is 22.1 Å². The van der Waals surface area contributed by atoms with Gasteiger partial charge in [0.15, 0.2) is 4.34 Å². The molecule has 0 atom stereocenters. The van der Waals surface area contributed by atoms with E-state index in [0.29, 0.717) is 6.61 Å². The van der Waals surface area contributed by atoms with Crippen molar-refractivity contribution in [1.29, 1.82) is 0 Å². The second-order valence-electron chi connectivity index (χ2n) is 4.42.